The molecule has 1 atom stereocenters. The smallest absolute Gasteiger partial charge is 0.0741 e. The van der Waals surface area contributed by atoms with E-state index in [2.05, 4.69) is 12.2 Å². The van der Waals surface area contributed by atoms with Gasteiger partial charge in [0.25, 0.3) is 0 Å². The lowest BCUT2D eigenvalue weighted by molar-refractivity contribution is -0.0258. The highest BCUT2D eigenvalue weighted by atomic mass is 16.3. The fourth-order valence-corrected chi connectivity index (χ4v) is 4.72. The monoisotopic (exact) mass is 237 g/mol. The first-order chi connectivity index (χ1) is 8.07. The van der Waals surface area contributed by atoms with Crippen molar-refractivity contribution in [2.75, 3.05) is 6.54 Å². The molecule has 4 bridgehead atoms. The van der Waals surface area contributed by atoms with Gasteiger partial charge in [-0.25, -0.2) is 0 Å². The van der Waals surface area contributed by atoms with Crippen LogP contribution in [0.1, 0.15) is 52.4 Å². The van der Waals surface area contributed by atoms with Crippen LogP contribution in [0.2, 0.25) is 0 Å². The second-order valence-electron chi connectivity index (χ2n) is 7.19. The minimum atomic E-state index is -0.519. The molecule has 0 radical (unpaired) electrons. The molecular formula is C15H27NO. The maximum atomic E-state index is 10.1. The van der Waals surface area contributed by atoms with Gasteiger partial charge in [0, 0.05) is 12.6 Å². The fraction of sp³-hybridized carbons (Fsp3) is 1.00. The molecule has 17 heavy (non-hydrogen) atoms. The minimum Gasteiger partial charge on any atom is -0.389 e. The van der Waals surface area contributed by atoms with Crippen LogP contribution in [-0.2, 0) is 0 Å². The van der Waals surface area contributed by atoms with Gasteiger partial charge < -0.3 is 10.4 Å². The van der Waals surface area contributed by atoms with Crippen molar-refractivity contribution in [2.24, 2.45) is 23.7 Å². The van der Waals surface area contributed by atoms with Crippen molar-refractivity contribution in [1.29, 1.82) is 0 Å². The Labute approximate surface area is 105 Å². The summed E-state index contributed by atoms with van der Waals surface area (Å²) in [5, 5.41) is 13.8. The van der Waals surface area contributed by atoms with E-state index in [-0.39, 0.29) is 0 Å². The van der Waals surface area contributed by atoms with Crippen LogP contribution in [0.5, 0.6) is 0 Å². The topological polar surface area (TPSA) is 32.3 Å². The third kappa shape index (κ3) is 2.26. The van der Waals surface area contributed by atoms with Crippen molar-refractivity contribution in [2.45, 2.75) is 64.0 Å². The Bertz CT molecular complexity index is 259. The van der Waals surface area contributed by atoms with Gasteiger partial charge in [-0.05, 0) is 69.1 Å². The van der Waals surface area contributed by atoms with E-state index in [9.17, 15) is 5.11 Å². The number of rotatable bonds is 4. The molecule has 0 aromatic carbocycles. The van der Waals surface area contributed by atoms with Gasteiger partial charge in [0.15, 0.2) is 0 Å². The summed E-state index contributed by atoms with van der Waals surface area (Å²) in [7, 11) is 0. The largest absolute Gasteiger partial charge is 0.389 e. The van der Waals surface area contributed by atoms with Gasteiger partial charge in [0.2, 0.25) is 0 Å². The highest BCUT2D eigenvalue weighted by Crippen LogP contribution is 2.53. The molecule has 0 aromatic heterocycles. The third-order valence-electron chi connectivity index (χ3n) is 5.71. The second kappa shape index (κ2) is 4.24. The molecule has 4 rings (SSSR count). The van der Waals surface area contributed by atoms with E-state index < -0.39 is 5.60 Å². The van der Waals surface area contributed by atoms with E-state index in [0.29, 0.717) is 6.04 Å². The molecule has 0 spiro atoms. The predicted octanol–water partition coefficient (Wildman–Crippen LogP) is 2.56. The summed E-state index contributed by atoms with van der Waals surface area (Å²) in [6.45, 7) is 4.80. The van der Waals surface area contributed by atoms with E-state index in [1.165, 1.54) is 32.1 Å². The molecule has 4 saturated carbocycles. The standard InChI is InChI=1S/C15H27NO/c1-3-15(2,17)9-16-14-12-5-10-4-11(7-12)8-13(14)6-10/h10-14,16-17H,3-9H2,1-2H3. The van der Waals surface area contributed by atoms with E-state index in [1.807, 2.05) is 6.92 Å². The zero-order valence-electron chi connectivity index (χ0n) is 11.3. The number of hydrogen-bond donors (Lipinski definition) is 2. The van der Waals surface area contributed by atoms with Crippen LogP contribution in [0.3, 0.4) is 0 Å². The van der Waals surface area contributed by atoms with E-state index >= 15 is 0 Å². The van der Waals surface area contributed by atoms with Crippen LogP contribution in [0.25, 0.3) is 0 Å². The Hall–Kier alpha value is -0.0800. The predicted molar refractivity (Wildman–Crippen MR) is 69.8 cm³/mol. The van der Waals surface area contributed by atoms with Crippen molar-refractivity contribution in [3.8, 4) is 0 Å². The summed E-state index contributed by atoms with van der Waals surface area (Å²) in [5.74, 6) is 3.92. The first-order valence-electron chi connectivity index (χ1n) is 7.53. The molecule has 4 aliphatic carbocycles. The Morgan fingerprint density at radius 3 is 2.06 bits per heavy atom. The highest BCUT2D eigenvalue weighted by Gasteiger charge is 2.48. The van der Waals surface area contributed by atoms with Gasteiger partial charge in [-0.15, -0.1) is 0 Å². The summed E-state index contributed by atoms with van der Waals surface area (Å²) in [4.78, 5) is 0. The maximum absolute atomic E-state index is 10.1. The molecule has 0 aliphatic heterocycles. The zero-order chi connectivity index (χ0) is 12.0. The molecule has 0 saturated heterocycles. The van der Waals surface area contributed by atoms with Gasteiger partial charge in [0.1, 0.15) is 0 Å². The lowest BCUT2D eigenvalue weighted by Crippen LogP contribution is -2.56. The molecule has 2 N–H and O–H groups in total. The Morgan fingerprint density at radius 1 is 1.06 bits per heavy atom. The average molecular weight is 237 g/mol. The molecule has 1 unspecified atom stereocenters. The van der Waals surface area contributed by atoms with Crippen LogP contribution >= 0.6 is 0 Å². The van der Waals surface area contributed by atoms with Crippen LogP contribution in [0.4, 0.5) is 0 Å². The van der Waals surface area contributed by atoms with Gasteiger partial charge in [-0.3, -0.25) is 0 Å². The van der Waals surface area contributed by atoms with Gasteiger partial charge in [0.05, 0.1) is 5.60 Å². The molecule has 0 heterocycles. The highest BCUT2D eigenvalue weighted by molar-refractivity contribution is 5.01. The third-order valence-corrected chi connectivity index (χ3v) is 5.71. The Morgan fingerprint density at radius 2 is 1.59 bits per heavy atom. The van der Waals surface area contributed by atoms with Crippen LogP contribution in [-0.4, -0.2) is 23.3 Å². The van der Waals surface area contributed by atoms with Gasteiger partial charge in [-0.1, -0.05) is 6.92 Å². The second-order valence-corrected chi connectivity index (χ2v) is 7.19. The van der Waals surface area contributed by atoms with Crippen LogP contribution in [0, 0.1) is 23.7 Å². The molecule has 2 nitrogen and oxygen atoms in total. The van der Waals surface area contributed by atoms with E-state index in [1.54, 1.807) is 0 Å². The van der Waals surface area contributed by atoms with Crippen molar-refractivity contribution >= 4 is 0 Å². The lowest BCUT2D eigenvalue weighted by atomic mass is 9.54. The molecule has 98 valence electrons. The quantitative estimate of drug-likeness (QED) is 0.787. The van der Waals surface area contributed by atoms with Crippen LogP contribution in [0.15, 0.2) is 0 Å². The van der Waals surface area contributed by atoms with E-state index in [4.69, 9.17) is 0 Å². The fourth-order valence-electron chi connectivity index (χ4n) is 4.72. The van der Waals surface area contributed by atoms with Crippen molar-refractivity contribution < 1.29 is 5.11 Å². The average Bonchev–Trinajstić information content (AvgIpc) is 2.27. The minimum absolute atomic E-state index is 0.519. The first-order valence-corrected chi connectivity index (χ1v) is 7.53. The maximum Gasteiger partial charge on any atom is 0.0741 e. The van der Waals surface area contributed by atoms with Crippen molar-refractivity contribution in [1.82, 2.24) is 5.32 Å². The molecule has 0 aromatic rings. The number of nitrogens with one attached hydrogen (secondary N) is 1. The van der Waals surface area contributed by atoms with Crippen molar-refractivity contribution in [3.05, 3.63) is 0 Å². The summed E-state index contributed by atoms with van der Waals surface area (Å²) in [5.41, 5.74) is -0.519. The summed E-state index contributed by atoms with van der Waals surface area (Å²) in [6, 6.07) is 0.709. The first kappa shape index (κ1) is 12.0. The molecule has 4 aliphatic rings. The zero-order valence-corrected chi connectivity index (χ0v) is 11.3. The van der Waals surface area contributed by atoms with Gasteiger partial charge in [-0.2, -0.15) is 0 Å². The molecular weight excluding hydrogens is 210 g/mol. The summed E-state index contributed by atoms with van der Waals surface area (Å²) in [6.07, 6.45) is 8.19. The Kier molecular flexibility index (Phi) is 2.99. The van der Waals surface area contributed by atoms with Gasteiger partial charge >= 0.3 is 0 Å². The molecule has 2 heteroatoms. The molecule has 4 fully saturated rings. The Balaban J connectivity index is 1.61. The number of aliphatic hydroxyl groups is 1. The normalized spacial score (nSPS) is 47.1. The lowest BCUT2D eigenvalue weighted by Gasteiger charge is -2.55. The summed E-state index contributed by atoms with van der Waals surface area (Å²) >= 11 is 0. The van der Waals surface area contributed by atoms with Crippen LogP contribution < -0.4 is 5.32 Å². The van der Waals surface area contributed by atoms with Crippen molar-refractivity contribution in [3.63, 3.8) is 0 Å². The molecule has 0 amide bonds. The summed E-state index contributed by atoms with van der Waals surface area (Å²) < 4.78 is 0. The van der Waals surface area contributed by atoms with E-state index in [0.717, 1.165) is 36.6 Å². The SMILES string of the molecule is CCC(C)(O)CNC1C2CC3CC(C2)CC1C3. The number of hydrogen-bond acceptors (Lipinski definition) is 2.